The number of anilines is 1. The maximum absolute atomic E-state index is 13.9. The van der Waals surface area contributed by atoms with Crippen LogP contribution in [0.15, 0.2) is 96.1 Å². The quantitative estimate of drug-likeness (QED) is 0.259. The van der Waals surface area contributed by atoms with Crippen LogP contribution >= 0.6 is 22.9 Å². The van der Waals surface area contributed by atoms with Crippen molar-refractivity contribution < 1.29 is 23.9 Å². The summed E-state index contributed by atoms with van der Waals surface area (Å²) in [6.07, 6.45) is 4.76. The van der Waals surface area contributed by atoms with E-state index in [1.165, 1.54) is 18.4 Å². The number of rotatable bonds is 9. The largest absolute Gasteiger partial charge is 0.466 e. The van der Waals surface area contributed by atoms with Crippen LogP contribution in [0.25, 0.3) is 0 Å². The molecule has 2 amide bonds. The Labute approximate surface area is 259 Å². The molecule has 0 radical (unpaired) electrons. The number of carbonyl (C=O) groups excluding carboxylic acids is 3. The van der Waals surface area contributed by atoms with Gasteiger partial charge in [0, 0.05) is 24.8 Å². The Morgan fingerprint density at radius 1 is 1.05 bits per heavy atom. The van der Waals surface area contributed by atoms with E-state index in [9.17, 15) is 14.4 Å². The second-order valence-electron chi connectivity index (χ2n) is 10.9. The third-order valence-electron chi connectivity index (χ3n) is 8.24. The van der Waals surface area contributed by atoms with Crippen molar-refractivity contribution in [3.63, 3.8) is 0 Å². The lowest BCUT2D eigenvalue weighted by Gasteiger charge is -2.36. The average Bonchev–Trinajstić information content (AvgIpc) is 3.76. The molecule has 0 saturated carbocycles. The lowest BCUT2D eigenvalue weighted by molar-refractivity contribution is -0.138. The molecule has 222 valence electrons. The van der Waals surface area contributed by atoms with Gasteiger partial charge in [0.15, 0.2) is 0 Å². The minimum Gasteiger partial charge on any atom is -0.466 e. The van der Waals surface area contributed by atoms with Gasteiger partial charge in [-0.2, -0.15) is 0 Å². The predicted molar refractivity (Wildman–Crippen MR) is 166 cm³/mol. The van der Waals surface area contributed by atoms with Gasteiger partial charge < -0.3 is 25.0 Å². The molecule has 4 heterocycles. The summed E-state index contributed by atoms with van der Waals surface area (Å²) in [7, 11) is 1.32. The molecule has 0 aliphatic carbocycles. The molecule has 1 aromatic heterocycles. The average molecular weight is 618 g/mol. The van der Waals surface area contributed by atoms with Crippen molar-refractivity contribution in [3.05, 3.63) is 111 Å². The van der Waals surface area contributed by atoms with E-state index in [4.69, 9.17) is 21.1 Å². The number of esters is 1. The van der Waals surface area contributed by atoms with Gasteiger partial charge in [0.25, 0.3) is 11.8 Å². The molecule has 8 nitrogen and oxygen atoms in total. The fraction of sp³-hybridized carbons (Fsp3) is 0.303. The van der Waals surface area contributed by atoms with Crippen LogP contribution < -0.4 is 10.6 Å². The van der Waals surface area contributed by atoms with Crippen LogP contribution in [0.4, 0.5) is 5.69 Å². The Balaban J connectivity index is 1.24. The Morgan fingerprint density at radius 3 is 2.40 bits per heavy atom. The van der Waals surface area contributed by atoms with Crippen LogP contribution in [0.1, 0.15) is 28.1 Å². The summed E-state index contributed by atoms with van der Waals surface area (Å²) < 4.78 is 12.4. The first kappa shape index (κ1) is 29.2. The molecule has 2 bridgehead atoms. The summed E-state index contributed by atoms with van der Waals surface area (Å²) in [5, 5.41) is 6.69. The van der Waals surface area contributed by atoms with Crippen LogP contribution in [-0.2, 0) is 25.5 Å². The SMILES string of the molecule is COC(=O)C1=C(C(=O)NC2CCN(C(=O)c3ccc(Cl)s3)CC2)C2C=CC1(C(Cc1ccccc1)Nc1ccccc1)O2. The zero-order chi connectivity index (χ0) is 30.0. The Kier molecular flexibility index (Phi) is 8.38. The number of benzene rings is 2. The number of ether oxygens (including phenoxy) is 2. The van der Waals surface area contributed by atoms with Crippen molar-refractivity contribution in [2.75, 3.05) is 25.5 Å². The number of halogens is 1. The van der Waals surface area contributed by atoms with E-state index < -0.39 is 23.7 Å². The van der Waals surface area contributed by atoms with Crippen molar-refractivity contribution in [1.29, 1.82) is 0 Å². The van der Waals surface area contributed by atoms with E-state index in [1.807, 2.05) is 72.8 Å². The van der Waals surface area contributed by atoms with Crippen molar-refractivity contribution in [2.45, 2.75) is 43.1 Å². The molecular formula is C33H32ClN3O5S. The highest BCUT2D eigenvalue weighted by Crippen LogP contribution is 2.47. The molecule has 1 fully saturated rings. The highest BCUT2D eigenvalue weighted by molar-refractivity contribution is 7.17. The smallest absolute Gasteiger partial charge is 0.337 e. The fourth-order valence-corrected chi connectivity index (χ4v) is 7.14. The van der Waals surface area contributed by atoms with Gasteiger partial charge in [0.05, 0.1) is 33.5 Å². The number of fused-ring (bicyclic) bond motifs is 2. The van der Waals surface area contributed by atoms with Gasteiger partial charge in [-0.25, -0.2) is 4.79 Å². The summed E-state index contributed by atoms with van der Waals surface area (Å²) in [6, 6.07) is 22.6. The number of thiophene rings is 1. The van der Waals surface area contributed by atoms with E-state index in [-0.39, 0.29) is 29.0 Å². The van der Waals surface area contributed by atoms with Gasteiger partial charge in [0.1, 0.15) is 11.7 Å². The van der Waals surface area contributed by atoms with E-state index in [1.54, 1.807) is 17.0 Å². The van der Waals surface area contributed by atoms with Gasteiger partial charge in [0.2, 0.25) is 0 Å². The lowest BCUT2D eigenvalue weighted by atomic mass is 9.78. The zero-order valence-electron chi connectivity index (χ0n) is 23.6. The van der Waals surface area contributed by atoms with Crippen LogP contribution in [-0.4, -0.2) is 66.7 Å². The Hall–Kier alpha value is -3.92. The first-order valence-electron chi connectivity index (χ1n) is 14.3. The molecule has 3 atom stereocenters. The molecular weight excluding hydrogens is 586 g/mol. The zero-order valence-corrected chi connectivity index (χ0v) is 25.2. The van der Waals surface area contributed by atoms with Gasteiger partial charge in [-0.3, -0.25) is 9.59 Å². The maximum Gasteiger partial charge on any atom is 0.337 e. The number of nitrogens with one attached hydrogen (secondary N) is 2. The van der Waals surface area contributed by atoms with Gasteiger partial charge in [-0.15, -0.1) is 11.3 Å². The van der Waals surface area contributed by atoms with Crippen molar-refractivity contribution in [2.24, 2.45) is 0 Å². The van der Waals surface area contributed by atoms with Crippen molar-refractivity contribution >= 4 is 46.4 Å². The first-order chi connectivity index (χ1) is 20.9. The van der Waals surface area contributed by atoms with Crippen LogP contribution in [0.5, 0.6) is 0 Å². The first-order valence-corrected chi connectivity index (χ1v) is 15.5. The molecule has 2 N–H and O–H groups in total. The van der Waals surface area contributed by atoms with Crippen molar-refractivity contribution in [1.82, 2.24) is 10.2 Å². The lowest BCUT2D eigenvalue weighted by Crippen LogP contribution is -2.50. The molecule has 2 aromatic carbocycles. The number of para-hydroxylation sites is 1. The monoisotopic (exact) mass is 617 g/mol. The Bertz CT molecular complexity index is 1520. The standard InChI is InChI=1S/C33H32ClN3O5S/c1-41-32(40)29-28(30(38)36-23-15-18-37(19-16-23)31(39)25-12-13-27(34)43-25)24-14-17-33(29,42-24)26(20-21-8-4-2-5-9-21)35-22-10-6-3-7-11-22/h2-14,17,23-24,26,35H,15-16,18-20H2,1H3,(H,36,38). The Morgan fingerprint density at radius 2 is 1.74 bits per heavy atom. The van der Waals surface area contributed by atoms with Gasteiger partial charge >= 0.3 is 5.97 Å². The molecule has 0 spiro atoms. The van der Waals surface area contributed by atoms with Crippen LogP contribution in [0, 0.1) is 0 Å². The molecule has 3 aliphatic rings. The molecule has 6 rings (SSSR count). The fourth-order valence-electron chi connectivity index (χ4n) is 6.13. The van der Waals surface area contributed by atoms with Crippen LogP contribution in [0.3, 0.4) is 0 Å². The van der Waals surface area contributed by atoms with Gasteiger partial charge in [-0.05, 0) is 55.2 Å². The second kappa shape index (κ2) is 12.4. The summed E-state index contributed by atoms with van der Waals surface area (Å²) >= 11 is 7.27. The summed E-state index contributed by atoms with van der Waals surface area (Å²) in [6.45, 7) is 1.01. The predicted octanol–water partition coefficient (Wildman–Crippen LogP) is 5.02. The highest BCUT2D eigenvalue weighted by Gasteiger charge is 2.58. The van der Waals surface area contributed by atoms with Gasteiger partial charge in [-0.1, -0.05) is 66.2 Å². The normalized spacial score (nSPS) is 22.0. The molecule has 3 aromatic rings. The third-order valence-corrected chi connectivity index (χ3v) is 9.45. The number of nitrogens with zero attached hydrogens (tertiary/aromatic N) is 1. The molecule has 1 saturated heterocycles. The van der Waals surface area contributed by atoms with E-state index in [0.29, 0.717) is 41.6 Å². The summed E-state index contributed by atoms with van der Waals surface area (Å²) in [5.74, 6) is -1.01. The number of likely N-dealkylation sites (tertiary alicyclic amines) is 1. The number of amides is 2. The number of carbonyl (C=O) groups is 3. The molecule has 3 aliphatic heterocycles. The maximum atomic E-state index is 13.9. The summed E-state index contributed by atoms with van der Waals surface area (Å²) in [5.41, 5.74) is 1.19. The second-order valence-corrected chi connectivity index (χ2v) is 12.6. The number of hydrogen-bond donors (Lipinski definition) is 2. The summed E-state index contributed by atoms with van der Waals surface area (Å²) in [4.78, 5) is 42.5. The van der Waals surface area contributed by atoms with Crippen LogP contribution in [0.2, 0.25) is 4.34 Å². The molecule has 43 heavy (non-hydrogen) atoms. The third kappa shape index (κ3) is 5.85. The van der Waals surface area contributed by atoms with E-state index in [2.05, 4.69) is 10.6 Å². The number of methoxy groups -OCH3 is 1. The molecule has 3 unspecified atom stereocenters. The number of hydrogen-bond acceptors (Lipinski definition) is 7. The molecule has 10 heteroatoms. The van der Waals surface area contributed by atoms with E-state index in [0.717, 1.165) is 11.3 Å². The minimum absolute atomic E-state index is 0.0543. The highest BCUT2D eigenvalue weighted by atomic mass is 35.5. The topological polar surface area (TPSA) is 97.0 Å². The van der Waals surface area contributed by atoms with Crippen molar-refractivity contribution in [3.8, 4) is 0 Å². The number of piperidine rings is 1. The van der Waals surface area contributed by atoms with E-state index >= 15 is 0 Å². The minimum atomic E-state index is -1.21.